The summed E-state index contributed by atoms with van der Waals surface area (Å²) in [5.74, 6) is 0.761. The lowest BCUT2D eigenvalue weighted by Gasteiger charge is -2.38. The van der Waals surface area contributed by atoms with E-state index in [9.17, 15) is 0 Å². The minimum atomic E-state index is -2.09. The fourth-order valence-electron chi connectivity index (χ4n) is 3.54. The monoisotopic (exact) mass is 348 g/mol. The quantitative estimate of drug-likeness (QED) is 0.244. The van der Waals surface area contributed by atoms with Crippen LogP contribution in [0.15, 0.2) is 0 Å². The highest BCUT2D eigenvalue weighted by Crippen LogP contribution is 2.40. The van der Waals surface area contributed by atoms with E-state index in [0.717, 1.165) is 44.4 Å². The first kappa shape index (κ1) is 20.5. The Kier molecular flexibility index (Phi) is 11.9. The summed E-state index contributed by atoms with van der Waals surface area (Å²) in [4.78, 5) is 0. The highest BCUT2D eigenvalue weighted by molar-refractivity contribution is 6.69. The smallest absolute Gasteiger partial charge is 0.341 e. The predicted molar refractivity (Wildman–Crippen MR) is 99.1 cm³/mol. The summed E-state index contributed by atoms with van der Waals surface area (Å²) >= 11 is 5.91. The van der Waals surface area contributed by atoms with Crippen molar-refractivity contribution in [3.63, 3.8) is 0 Å². The van der Waals surface area contributed by atoms with E-state index in [1.54, 1.807) is 0 Å². The molecule has 0 aliphatic heterocycles. The zero-order chi connectivity index (χ0) is 16.1. The Morgan fingerprint density at radius 2 is 1.41 bits per heavy atom. The van der Waals surface area contributed by atoms with E-state index < -0.39 is 8.56 Å². The van der Waals surface area contributed by atoms with Gasteiger partial charge in [0.05, 0.1) is 0 Å². The van der Waals surface area contributed by atoms with Crippen LogP contribution in [0.1, 0.15) is 84.5 Å². The molecule has 0 aromatic rings. The first-order valence-corrected chi connectivity index (χ1v) is 12.3. The number of hydrogen-bond donors (Lipinski definition) is 0. The number of halogens is 1. The van der Waals surface area contributed by atoms with Crippen LogP contribution in [0.5, 0.6) is 0 Å². The van der Waals surface area contributed by atoms with Crippen LogP contribution in [0.4, 0.5) is 0 Å². The third kappa shape index (κ3) is 7.33. The van der Waals surface area contributed by atoms with Crippen LogP contribution in [-0.2, 0) is 8.85 Å². The molecule has 0 aromatic heterocycles. The highest BCUT2D eigenvalue weighted by Gasteiger charge is 2.44. The van der Waals surface area contributed by atoms with Crippen LogP contribution in [0.3, 0.4) is 0 Å². The number of alkyl halides is 1. The number of unbranched alkanes of at least 4 members (excludes halogenated alkanes) is 1. The Hall–Kier alpha value is 0.427. The van der Waals surface area contributed by atoms with Crippen molar-refractivity contribution in [1.82, 2.24) is 0 Å². The molecule has 0 heterocycles. The zero-order valence-corrected chi connectivity index (χ0v) is 16.6. The Morgan fingerprint density at radius 3 is 1.91 bits per heavy atom. The SMILES string of the molecule is CCCO[Si](CCCCCl)(OCCC)C1CCCCCCC1. The summed E-state index contributed by atoms with van der Waals surface area (Å²) < 4.78 is 13.1. The molecule has 0 atom stereocenters. The lowest BCUT2D eigenvalue weighted by Crippen LogP contribution is -2.47. The van der Waals surface area contributed by atoms with E-state index in [1.807, 2.05) is 0 Å². The van der Waals surface area contributed by atoms with Gasteiger partial charge in [0.2, 0.25) is 0 Å². The normalized spacial score (nSPS) is 18.1. The fourth-order valence-corrected chi connectivity index (χ4v) is 8.11. The van der Waals surface area contributed by atoms with Gasteiger partial charge in [0.15, 0.2) is 0 Å². The van der Waals surface area contributed by atoms with Crippen molar-refractivity contribution in [2.24, 2.45) is 0 Å². The predicted octanol–water partition coefficient (Wildman–Crippen LogP) is 6.42. The molecule has 1 rings (SSSR count). The maximum Gasteiger partial charge on any atom is 0.341 e. The molecule has 0 amide bonds. The van der Waals surface area contributed by atoms with Gasteiger partial charge in [-0.05, 0) is 38.1 Å². The summed E-state index contributed by atoms with van der Waals surface area (Å²) in [5, 5.41) is 0. The molecule has 1 aliphatic carbocycles. The summed E-state index contributed by atoms with van der Waals surface area (Å²) in [6.45, 7) is 6.15. The van der Waals surface area contributed by atoms with E-state index in [1.165, 1.54) is 51.4 Å². The van der Waals surface area contributed by atoms with E-state index in [2.05, 4.69) is 13.8 Å². The molecule has 4 heteroatoms. The van der Waals surface area contributed by atoms with Gasteiger partial charge in [0.25, 0.3) is 0 Å². The van der Waals surface area contributed by atoms with E-state index in [0.29, 0.717) is 5.54 Å². The minimum absolute atomic E-state index is 0.696. The lowest BCUT2D eigenvalue weighted by atomic mass is 10.0. The molecular weight excluding hydrogens is 312 g/mol. The molecule has 0 spiro atoms. The van der Waals surface area contributed by atoms with Crippen molar-refractivity contribution in [3.05, 3.63) is 0 Å². The van der Waals surface area contributed by atoms with E-state index in [4.69, 9.17) is 20.5 Å². The molecule has 1 aliphatic rings. The summed E-state index contributed by atoms with van der Waals surface area (Å²) in [6.07, 6.45) is 14.0. The van der Waals surface area contributed by atoms with Crippen LogP contribution in [0, 0.1) is 0 Å². The van der Waals surface area contributed by atoms with Gasteiger partial charge in [-0.15, -0.1) is 11.6 Å². The average molecular weight is 349 g/mol. The van der Waals surface area contributed by atoms with Crippen molar-refractivity contribution < 1.29 is 8.85 Å². The number of hydrogen-bond acceptors (Lipinski definition) is 2. The second-order valence-electron chi connectivity index (χ2n) is 6.70. The Morgan fingerprint density at radius 1 is 0.864 bits per heavy atom. The maximum atomic E-state index is 6.54. The minimum Gasteiger partial charge on any atom is -0.394 e. The fraction of sp³-hybridized carbons (Fsp3) is 1.00. The van der Waals surface area contributed by atoms with Gasteiger partial charge in [-0.1, -0.05) is 52.4 Å². The van der Waals surface area contributed by atoms with Gasteiger partial charge < -0.3 is 8.85 Å². The van der Waals surface area contributed by atoms with Gasteiger partial charge in [-0.2, -0.15) is 0 Å². The van der Waals surface area contributed by atoms with Crippen molar-refractivity contribution in [1.29, 1.82) is 0 Å². The van der Waals surface area contributed by atoms with Gasteiger partial charge in [-0.3, -0.25) is 0 Å². The van der Waals surface area contributed by atoms with Crippen molar-refractivity contribution >= 4 is 20.2 Å². The molecule has 0 bridgehead atoms. The molecule has 0 unspecified atom stereocenters. The van der Waals surface area contributed by atoms with Crippen LogP contribution < -0.4 is 0 Å². The van der Waals surface area contributed by atoms with E-state index in [-0.39, 0.29) is 0 Å². The molecule has 1 saturated carbocycles. The molecule has 132 valence electrons. The van der Waals surface area contributed by atoms with Crippen molar-refractivity contribution in [3.8, 4) is 0 Å². The average Bonchev–Trinajstić information content (AvgIpc) is 2.50. The van der Waals surface area contributed by atoms with Crippen LogP contribution in [0.2, 0.25) is 11.6 Å². The summed E-state index contributed by atoms with van der Waals surface area (Å²) in [6, 6.07) is 1.14. The molecule has 0 aromatic carbocycles. The summed E-state index contributed by atoms with van der Waals surface area (Å²) in [7, 11) is -2.09. The molecule has 1 fully saturated rings. The molecule has 2 nitrogen and oxygen atoms in total. The molecule has 22 heavy (non-hydrogen) atoms. The molecule has 0 N–H and O–H groups in total. The first-order valence-electron chi connectivity index (χ1n) is 9.63. The van der Waals surface area contributed by atoms with Gasteiger partial charge in [0, 0.05) is 24.6 Å². The highest BCUT2D eigenvalue weighted by atomic mass is 35.5. The van der Waals surface area contributed by atoms with Gasteiger partial charge >= 0.3 is 8.56 Å². The molecule has 0 saturated heterocycles. The van der Waals surface area contributed by atoms with Crippen LogP contribution >= 0.6 is 11.6 Å². The molecule has 0 radical (unpaired) electrons. The topological polar surface area (TPSA) is 18.5 Å². The standard InChI is InChI=1S/C18H37ClO2Si/c1-3-15-20-22(21-16-4-2,17-11-10-14-19)18-12-8-6-5-7-9-13-18/h18H,3-17H2,1-2H3. The van der Waals surface area contributed by atoms with Crippen LogP contribution in [0.25, 0.3) is 0 Å². The van der Waals surface area contributed by atoms with Gasteiger partial charge in [-0.25, -0.2) is 0 Å². The second kappa shape index (κ2) is 12.8. The van der Waals surface area contributed by atoms with Crippen LogP contribution in [-0.4, -0.2) is 27.7 Å². The van der Waals surface area contributed by atoms with Crippen molar-refractivity contribution in [2.75, 3.05) is 19.1 Å². The third-order valence-corrected chi connectivity index (χ3v) is 9.26. The van der Waals surface area contributed by atoms with Crippen molar-refractivity contribution in [2.45, 2.75) is 96.1 Å². The number of rotatable bonds is 11. The Bertz CT molecular complexity index is 247. The zero-order valence-electron chi connectivity index (χ0n) is 14.9. The lowest BCUT2D eigenvalue weighted by molar-refractivity contribution is 0.151. The Balaban J connectivity index is 2.79. The molecular formula is C18H37ClO2Si. The maximum absolute atomic E-state index is 6.54. The third-order valence-electron chi connectivity index (χ3n) is 4.74. The largest absolute Gasteiger partial charge is 0.394 e. The first-order chi connectivity index (χ1) is 10.8. The Labute approximate surface area is 144 Å². The van der Waals surface area contributed by atoms with Gasteiger partial charge in [0.1, 0.15) is 0 Å². The summed E-state index contributed by atoms with van der Waals surface area (Å²) in [5.41, 5.74) is 0.696. The second-order valence-corrected chi connectivity index (χ2v) is 10.6. The van der Waals surface area contributed by atoms with E-state index >= 15 is 0 Å².